The maximum Gasteiger partial charge on any atom is 0.180 e. The van der Waals surface area contributed by atoms with Gasteiger partial charge in [0.15, 0.2) is 11.4 Å². The number of rotatable bonds is 5. The molecule has 0 radical (unpaired) electrons. The van der Waals surface area contributed by atoms with E-state index in [1.165, 1.54) is 42.2 Å². The summed E-state index contributed by atoms with van der Waals surface area (Å²) in [5.41, 5.74) is 14.6. The SMILES string of the molecule is c1ccc(-c2nc(-c3cccc4sc5ccc(-c6ccc7c(c6)c6ccccc6n7-c6ccccc6)cc5c34)nc3c2oc2ccc(-c4cccc5c4oc4ccccc45)cc23)cc1. The fraction of sp³-hybridized carbons (Fsp3) is 0. The Morgan fingerprint density at radius 2 is 1.05 bits per heavy atom. The topological polar surface area (TPSA) is 57.0 Å². The van der Waals surface area contributed by atoms with Gasteiger partial charge in [0.2, 0.25) is 0 Å². The molecule has 0 aliphatic heterocycles. The lowest BCUT2D eigenvalue weighted by Gasteiger charge is -2.09. The lowest BCUT2D eigenvalue weighted by Crippen LogP contribution is -1.94. The Bertz CT molecular complexity index is 4200. The number of para-hydroxylation sites is 4. The van der Waals surface area contributed by atoms with Crippen molar-refractivity contribution < 1.29 is 8.83 Å². The van der Waals surface area contributed by atoms with E-state index in [1.54, 1.807) is 11.3 Å². The fourth-order valence-electron chi connectivity index (χ4n) is 9.90. The average Bonchev–Trinajstić information content (AvgIpc) is 4.12. The molecular weight excluding hydrogens is 803 g/mol. The summed E-state index contributed by atoms with van der Waals surface area (Å²) in [7, 11) is 0. The van der Waals surface area contributed by atoms with Gasteiger partial charge in [0.05, 0.1) is 11.0 Å². The first-order valence-electron chi connectivity index (χ1n) is 21.5. The maximum absolute atomic E-state index is 6.70. The van der Waals surface area contributed by atoms with Crippen LogP contribution in [0.1, 0.15) is 0 Å². The number of furan rings is 2. The summed E-state index contributed by atoms with van der Waals surface area (Å²) in [5.74, 6) is 0.657. The predicted octanol–water partition coefficient (Wildman–Crippen LogP) is 16.4. The van der Waals surface area contributed by atoms with E-state index in [-0.39, 0.29) is 0 Å². The van der Waals surface area contributed by atoms with Crippen LogP contribution < -0.4 is 0 Å². The maximum atomic E-state index is 6.70. The zero-order valence-electron chi connectivity index (χ0n) is 34.1. The zero-order chi connectivity index (χ0) is 41.9. The molecule has 9 aromatic carbocycles. The standard InChI is InChI=1S/C58H33N3O2S/c1-3-13-34(14-4-1)54-57-55(45-33-37(26-29-50(45)63-57)39-19-11-20-42-41-18-8-10-23-49(41)62-56(39)42)60-58(59-54)43-21-12-24-52-53(43)46-32-36(27-30-51(46)64-52)35-25-28-48-44(31-35)40-17-7-9-22-47(40)61(48)38-15-5-2-6-16-38/h1-33H. The molecule has 0 unspecified atom stereocenters. The molecule has 5 aromatic heterocycles. The van der Waals surface area contributed by atoms with Gasteiger partial charge in [0, 0.05) is 69.5 Å². The Labute approximate surface area is 369 Å². The number of nitrogens with zero attached hydrogens (tertiary/aromatic N) is 3. The molecule has 0 spiro atoms. The largest absolute Gasteiger partial charge is 0.455 e. The summed E-state index contributed by atoms with van der Waals surface area (Å²) in [6.45, 7) is 0. The molecule has 14 aromatic rings. The van der Waals surface area contributed by atoms with Crippen molar-refractivity contribution in [3.05, 3.63) is 200 Å². The predicted molar refractivity (Wildman–Crippen MR) is 266 cm³/mol. The fourth-order valence-corrected chi connectivity index (χ4v) is 11.0. The summed E-state index contributed by atoms with van der Waals surface area (Å²) in [6, 6.07) is 70.8. The van der Waals surface area contributed by atoms with Gasteiger partial charge in [-0.15, -0.1) is 11.3 Å². The lowest BCUT2D eigenvalue weighted by atomic mass is 9.99. The van der Waals surface area contributed by atoms with Crippen LogP contribution in [-0.4, -0.2) is 14.5 Å². The second-order valence-electron chi connectivity index (χ2n) is 16.4. The number of hydrogen-bond acceptors (Lipinski definition) is 5. The van der Waals surface area contributed by atoms with E-state index in [1.807, 2.05) is 36.4 Å². The minimum atomic E-state index is 0.657. The van der Waals surface area contributed by atoms with E-state index < -0.39 is 0 Å². The Morgan fingerprint density at radius 1 is 0.391 bits per heavy atom. The number of thiophene rings is 1. The molecule has 0 bridgehead atoms. The van der Waals surface area contributed by atoms with E-state index in [4.69, 9.17) is 18.8 Å². The van der Waals surface area contributed by atoms with E-state index in [2.05, 4.69) is 168 Å². The van der Waals surface area contributed by atoms with Gasteiger partial charge in [-0.05, 0) is 83.4 Å². The van der Waals surface area contributed by atoms with E-state index >= 15 is 0 Å². The van der Waals surface area contributed by atoms with Crippen molar-refractivity contribution in [1.82, 2.24) is 14.5 Å². The Morgan fingerprint density at radius 3 is 1.94 bits per heavy atom. The van der Waals surface area contributed by atoms with E-state index in [9.17, 15) is 0 Å². The molecule has 0 aliphatic carbocycles. The number of aromatic nitrogens is 3. The normalized spacial score (nSPS) is 12.1. The van der Waals surface area contributed by atoms with Crippen LogP contribution in [0.5, 0.6) is 0 Å². The van der Waals surface area contributed by atoms with Crippen molar-refractivity contribution in [2.24, 2.45) is 0 Å². The smallest absolute Gasteiger partial charge is 0.180 e. The molecule has 0 N–H and O–H groups in total. The minimum absolute atomic E-state index is 0.657. The summed E-state index contributed by atoms with van der Waals surface area (Å²) < 4.78 is 18.0. The Balaban J connectivity index is 0.963. The van der Waals surface area contributed by atoms with Crippen LogP contribution in [0.25, 0.3) is 137 Å². The molecular formula is C58H33N3O2S. The van der Waals surface area contributed by atoms with Crippen LogP contribution in [-0.2, 0) is 0 Å². The van der Waals surface area contributed by atoms with Crippen molar-refractivity contribution in [2.45, 2.75) is 0 Å². The Hall–Kier alpha value is -8.32. The summed E-state index contributed by atoms with van der Waals surface area (Å²) >= 11 is 1.80. The van der Waals surface area contributed by atoms with Crippen molar-refractivity contribution in [1.29, 1.82) is 0 Å². The summed E-state index contributed by atoms with van der Waals surface area (Å²) in [4.78, 5) is 10.8. The molecule has 0 atom stereocenters. The van der Waals surface area contributed by atoms with Crippen LogP contribution >= 0.6 is 11.3 Å². The van der Waals surface area contributed by atoms with Gasteiger partial charge < -0.3 is 13.4 Å². The van der Waals surface area contributed by atoms with Crippen LogP contribution in [0.15, 0.2) is 209 Å². The van der Waals surface area contributed by atoms with E-state index in [0.717, 1.165) is 83.0 Å². The van der Waals surface area contributed by atoms with Crippen molar-refractivity contribution in [3.8, 4) is 50.6 Å². The third kappa shape index (κ3) is 5.24. The third-order valence-electron chi connectivity index (χ3n) is 12.8. The van der Waals surface area contributed by atoms with Gasteiger partial charge in [0.25, 0.3) is 0 Å². The number of hydrogen-bond donors (Lipinski definition) is 0. The highest BCUT2D eigenvalue weighted by Crippen LogP contribution is 2.45. The van der Waals surface area contributed by atoms with Gasteiger partial charge in [-0.2, -0.15) is 0 Å². The molecule has 0 aliphatic rings. The van der Waals surface area contributed by atoms with E-state index in [0.29, 0.717) is 11.4 Å². The van der Waals surface area contributed by atoms with Crippen LogP contribution in [0.4, 0.5) is 0 Å². The third-order valence-corrected chi connectivity index (χ3v) is 14.0. The quantitative estimate of drug-likeness (QED) is 0.173. The first kappa shape index (κ1) is 35.3. The molecule has 0 amide bonds. The van der Waals surface area contributed by atoms with Gasteiger partial charge in [-0.1, -0.05) is 133 Å². The van der Waals surface area contributed by atoms with Gasteiger partial charge in [-0.3, -0.25) is 0 Å². The first-order chi connectivity index (χ1) is 31.7. The molecule has 64 heavy (non-hydrogen) atoms. The molecule has 298 valence electrons. The second kappa shape index (κ2) is 13.6. The molecule has 0 fully saturated rings. The highest BCUT2D eigenvalue weighted by molar-refractivity contribution is 7.26. The van der Waals surface area contributed by atoms with Gasteiger partial charge in [0.1, 0.15) is 28.0 Å². The lowest BCUT2D eigenvalue weighted by molar-refractivity contribution is 0.667. The molecule has 5 heterocycles. The first-order valence-corrected chi connectivity index (χ1v) is 22.3. The van der Waals surface area contributed by atoms with Crippen LogP contribution in [0, 0.1) is 0 Å². The van der Waals surface area contributed by atoms with Crippen molar-refractivity contribution >= 4 is 97.3 Å². The highest BCUT2D eigenvalue weighted by atomic mass is 32.1. The van der Waals surface area contributed by atoms with Gasteiger partial charge >= 0.3 is 0 Å². The Kier molecular flexibility index (Phi) is 7.49. The minimum Gasteiger partial charge on any atom is -0.455 e. The van der Waals surface area contributed by atoms with Crippen LogP contribution in [0.3, 0.4) is 0 Å². The van der Waals surface area contributed by atoms with Crippen molar-refractivity contribution in [2.75, 3.05) is 0 Å². The molecule has 0 saturated heterocycles. The van der Waals surface area contributed by atoms with Gasteiger partial charge in [-0.25, -0.2) is 9.97 Å². The molecule has 6 heteroatoms. The number of fused-ring (bicyclic) bond motifs is 12. The average molecular weight is 836 g/mol. The summed E-state index contributed by atoms with van der Waals surface area (Å²) in [6.07, 6.45) is 0. The highest BCUT2D eigenvalue weighted by Gasteiger charge is 2.22. The summed E-state index contributed by atoms with van der Waals surface area (Å²) in [5, 5.41) is 7.92. The van der Waals surface area contributed by atoms with Crippen LogP contribution in [0.2, 0.25) is 0 Å². The second-order valence-corrected chi connectivity index (χ2v) is 17.5. The molecule has 14 rings (SSSR count). The number of benzene rings is 9. The zero-order valence-corrected chi connectivity index (χ0v) is 34.9. The molecule has 5 nitrogen and oxygen atoms in total. The monoisotopic (exact) mass is 835 g/mol. The molecule has 0 saturated carbocycles. The van der Waals surface area contributed by atoms with Crippen molar-refractivity contribution in [3.63, 3.8) is 0 Å².